The van der Waals surface area contributed by atoms with Crippen molar-refractivity contribution in [1.29, 1.82) is 0 Å². The Balaban J connectivity index is 0.000000514. The van der Waals surface area contributed by atoms with Gasteiger partial charge in [-0.25, -0.2) is 53.6 Å². The molecule has 0 aliphatic carbocycles. The van der Waals surface area contributed by atoms with Crippen LogP contribution in [-0.2, 0) is 43.3 Å². The second-order valence-electron chi connectivity index (χ2n) is 29.2. The van der Waals surface area contributed by atoms with E-state index in [1.807, 2.05) is 86.1 Å². The standard InChI is InChI=1S/C9H12ClN.C9H12FN.2C9H14N2O.2C9H14N2.C8H11ClN2.C8H11FN2/c2*1-9(2,3)8-5-4-7(10)6-11-8;1-9(2,3)7-5-11-8(12-4)6-10-7;1-9(2,3)8-10-5-7(12-4)6-11-8;1-7-5-11-8(6-10-7)9(2,3)4;1-7-5-10-8(11-6-7)9(2,3)4;2*1-8(2,3)7-10-4-6(9)5-11-7/h2*4-6H,1-3H3;2*5-6H,1-4H3;2*5-6H,1-4H3;2*4-5H,1-3H3. The molecule has 0 unspecified atom stereocenters. The van der Waals surface area contributed by atoms with E-state index in [4.69, 9.17) is 32.7 Å². The van der Waals surface area contributed by atoms with Gasteiger partial charge in [0.1, 0.15) is 29.1 Å². The summed E-state index contributed by atoms with van der Waals surface area (Å²) in [6.45, 7) is 53.9. The van der Waals surface area contributed by atoms with Crippen LogP contribution >= 0.6 is 23.2 Å². The normalized spacial score (nSPS) is 11.6. The van der Waals surface area contributed by atoms with Crippen molar-refractivity contribution in [3.8, 4) is 11.6 Å². The van der Waals surface area contributed by atoms with Gasteiger partial charge in [-0.2, -0.15) is 0 Å². The van der Waals surface area contributed by atoms with Gasteiger partial charge in [0.25, 0.3) is 0 Å². The summed E-state index contributed by atoms with van der Waals surface area (Å²) in [6.07, 6.45) is 22.7. The van der Waals surface area contributed by atoms with Crippen LogP contribution in [0.25, 0.3) is 0 Å². The summed E-state index contributed by atoms with van der Waals surface area (Å²) in [5, 5.41) is 1.27. The summed E-state index contributed by atoms with van der Waals surface area (Å²) >= 11 is 11.3. The lowest BCUT2D eigenvalue weighted by Crippen LogP contribution is -2.15. The second kappa shape index (κ2) is 35.4. The summed E-state index contributed by atoms with van der Waals surface area (Å²) in [4.78, 5) is 57.8. The molecule has 0 amide bonds. The van der Waals surface area contributed by atoms with E-state index in [1.165, 1.54) is 24.7 Å². The molecular formula is C70H102Cl2F2N14O2. The van der Waals surface area contributed by atoms with Crippen LogP contribution in [0.4, 0.5) is 8.78 Å². The number of aromatic nitrogens is 14. The average molecular weight is 1280 g/mol. The fourth-order valence-corrected chi connectivity index (χ4v) is 6.43. The van der Waals surface area contributed by atoms with Gasteiger partial charge in [0.2, 0.25) is 5.88 Å². The molecule has 20 heteroatoms. The van der Waals surface area contributed by atoms with Crippen molar-refractivity contribution >= 4 is 23.2 Å². The number of hydrogen-bond donors (Lipinski definition) is 0. The summed E-state index contributed by atoms with van der Waals surface area (Å²) in [6, 6.07) is 6.99. The van der Waals surface area contributed by atoms with Gasteiger partial charge in [-0.3, -0.25) is 24.9 Å². The Bertz CT molecular complexity index is 2760. The first-order valence-electron chi connectivity index (χ1n) is 29.6. The molecule has 0 saturated carbocycles. The summed E-state index contributed by atoms with van der Waals surface area (Å²) in [7, 11) is 3.19. The molecule has 8 rings (SSSR count). The molecule has 0 bridgehead atoms. The van der Waals surface area contributed by atoms with Crippen LogP contribution in [0.2, 0.25) is 10.0 Å². The molecule has 0 radical (unpaired) electrons. The minimum atomic E-state index is -0.391. The quantitative estimate of drug-likeness (QED) is 0.158. The van der Waals surface area contributed by atoms with Gasteiger partial charge < -0.3 is 9.47 Å². The zero-order valence-corrected chi connectivity index (χ0v) is 60.5. The predicted octanol–water partition coefficient (Wildman–Crippen LogP) is 17.6. The SMILES string of the molecule is CC(C)(C)c1ccc(Cl)cn1.CC(C)(C)c1ccc(F)cn1.CC(C)(C)c1ncc(Cl)cn1.CC(C)(C)c1ncc(F)cn1.COc1cnc(C(C)(C)C)cn1.COc1cnc(C(C)(C)C)nc1.Cc1cnc(C(C)(C)C)cn1.Cc1cnc(C(C)(C)C)nc1. The number of rotatable bonds is 2. The fourth-order valence-electron chi connectivity index (χ4n) is 6.22. The van der Waals surface area contributed by atoms with Crippen molar-refractivity contribution in [2.45, 2.75) is 223 Å². The van der Waals surface area contributed by atoms with Crippen molar-refractivity contribution in [2.24, 2.45) is 0 Å². The zero-order chi connectivity index (χ0) is 69.3. The van der Waals surface area contributed by atoms with Crippen molar-refractivity contribution in [3.63, 3.8) is 0 Å². The minimum absolute atomic E-state index is 0.00455. The van der Waals surface area contributed by atoms with E-state index in [-0.39, 0.29) is 49.1 Å². The Hall–Kier alpha value is -7.18. The van der Waals surface area contributed by atoms with Gasteiger partial charge in [-0.15, -0.1) is 0 Å². The maximum Gasteiger partial charge on any atom is 0.231 e. The molecule has 0 fully saturated rings. The highest BCUT2D eigenvalue weighted by Gasteiger charge is 2.21. The van der Waals surface area contributed by atoms with E-state index in [9.17, 15) is 8.78 Å². The number of halogens is 4. The van der Waals surface area contributed by atoms with Gasteiger partial charge in [-0.05, 0) is 43.7 Å². The molecule has 492 valence electrons. The predicted molar refractivity (Wildman–Crippen MR) is 363 cm³/mol. The van der Waals surface area contributed by atoms with Crippen LogP contribution in [-0.4, -0.2) is 84.0 Å². The smallest absolute Gasteiger partial charge is 0.231 e. The molecule has 0 aliphatic rings. The summed E-state index contributed by atoms with van der Waals surface area (Å²) < 4.78 is 34.6. The first-order valence-corrected chi connectivity index (χ1v) is 30.3. The number of hydrogen-bond acceptors (Lipinski definition) is 16. The average Bonchev–Trinajstić information content (AvgIpc) is 3.16. The Labute approximate surface area is 547 Å². The molecule has 16 nitrogen and oxygen atoms in total. The molecule has 8 aromatic rings. The third-order valence-corrected chi connectivity index (χ3v) is 12.1. The Morgan fingerprint density at radius 2 is 0.611 bits per heavy atom. The monoisotopic (exact) mass is 1280 g/mol. The lowest BCUT2D eigenvalue weighted by molar-refractivity contribution is 0.393. The molecule has 8 heterocycles. The highest BCUT2D eigenvalue weighted by Crippen LogP contribution is 2.24. The number of nitrogens with zero attached hydrogens (tertiary/aromatic N) is 14. The number of methoxy groups -OCH3 is 2. The van der Waals surface area contributed by atoms with Gasteiger partial charge in [0.05, 0.1) is 84.7 Å². The molecule has 0 atom stereocenters. The third-order valence-electron chi connectivity index (χ3n) is 11.7. The number of pyridine rings is 2. The molecule has 0 aromatic carbocycles. The van der Waals surface area contributed by atoms with E-state index in [2.05, 4.69) is 194 Å². The maximum absolute atomic E-state index is 12.4. The van der Waals surface area contributed by atoms with Crippen LogP contribution in [0.1, 0.15) is 224 Å². The lowest BCUT2D eigenvalue weighted by atomic mass is 9.92. The third kappa shape index (κ3) is 33.1. The second-order valence-corrected chi connectivity index (χ2v) is 30.1. The topological polar surface area (TPSA) is 199 Å². The Kier molecular flexibility index (Phi) is 31.8. The van der Waals surface area contributed by atoms with Crippen LogP contribution in [0.5, 0.6) is 11.6 Å². The van der Waals surface area contributed by atoms with E-state index in [0.29, 0.717) is 27.5 Å². The number of aryl methyl sites for hydroxylation is 2. The maximum atomic E-state index is 12.4. The first kappa shape index (κ1) is 80.8. The van der Waals surface area contributed by atoms with Gasteiger partial charge in [-0.1, -0.05) is 189 Å². The Morgan fingerprint density at radius 1 is 0.289 bits per heavy atom. The summed E-state index contributed by atoms with van der Waals surface area (Å²) in [5.74, 6) is 3.81. The highest BCUT2D eigenvalue weighted by atomic mass is 35.5. The van der Waals surface area contributed by atoms with Crippen molar-refractivity contribution in [2.75, 3.05) is 14.2 Å². The molecule has 0 N–H and O–H groups in total. The lowest BCUT2D eigenvalue weighted by Gasteiger charge is -2.16. The highest BCUT2D eigenvalue weighted by molar-refractivity contribution is 6.30. The number of ether oxygens (including phenoxy) is 2. The van der Waals surface area contributed by atoms with Crippen molar-refractivity contribution < 1.29 is 18.3 Å². The van der Waals surface area contributed by atoms with Gasteiger partial charge in [0, 0.05) is 98.1 Å². The van der Waals surface area contributed by atoms with Crippen LogP contribution in [0, 0.1) is 25.5 Å². The van der Waals surface area contributed by atoms with E-state index in [0.717, 1.165) is 51.5 Å². The Morgan fingerprint density at radius 3 is 0.911 bits per heavy atom. The molecular weight excluding hydrogens is 1180 g/mol. The van der Waals surface area contributed by atoms with E-state index in [1.54, 1.807) is 69.9 Å². The largest absolute Gasteiger partial charge is 0.494 e. The molecule has 0 aliphatic heterocycles. The van der Waals surface area contributed by atoms with Gasteiger partial charge in [0.15, 0.2) is 11.6 Å². The van der Waals surface area contributed by atoms with Crippen LogP contribution in [0.15, 0.2) is 111 Å². The zero-order valence-electron chi connectivity index (χ0n) is 59.0. The molecule has 90 heavy (non-hydrogen) atoms. The van der Waals surface area contributed by atoms with Crippen LogP contribution in [0.3, 0.4) is 0 Å². The molecule has 8 aromatic heterocycles. The van der Waals surface area contributed by atoms with Crippen LogP contribution < -0.4 is 9.47 Å². The van der Waals surface area contributed by atoms with Crippen molar-refractivity contribution in [1.82, 2.24) is 69.8 Å². The van der Waals surface area contributed by atoms with E-state index >= 15 is 0 Å². The van der Waals surface area contributed by atoms with Crippen molar-refractivity contribution in [3.05, 3.63) is 190 Å². The first-order chi connectivity index (χ1) is 41.1. The van der Waals surface area contributed by atoms with Gasteiger partial charge >= 0.3 is 0 Å². The minimum Gasteiger partial charge on any atom is -0.494 e. The summed E-state index contributed by atoms with van der Waals surface area (Å²) in [5.41, 5.74) is 6.35. The fraction of sp³-hybridized carbons (Fsp3) is 0.514. The van der Waals surface area contributed by atoms with E-state index < -0.39 is 5.82 Å². The molecule has 0 spiro atoms. The molecule has 0 saturated heterocycles.